The highest BCUT2D eigenvalue weighted by molar-refractivity contribution is 6.19. The van der Waals surface area contributed by atoms with Crippen molar-refractivity contribution in [1.82, 2.24) is 0 Å². The second-order valence-electron chi connectivity index (χ2n) is 4.81. The van der Waals surface area contributed by atoms with Gasteiger partial charge in [0.25, 0.3) is 0 Å². The van der Waals surface area contributed by atoms with Gasteiger partial charge in [0.05, 0.1) is 0 Å². The first kappa shape index (κ1) is 13.0. The van der Waals surface area contributed by atoms with Crippen LogP contribution in [0.3, 0.4) is 0 Å². The number of ether oxygens (including phenoxy) is 2. The molecule has 1 aliphatic heterocycles. The smallest absolute Gasteiger partial charge is 0.246 e. The van der Waals surface area contributed by atoms with E-state index in [1.165, 1.54) is 0 Å². The number of fused-ring (bicyclic) bond motifs is 1. The highest BCUT2D eigenvalue weighted by atomic mass is 35.5. The zero-order valence-corrected chi connectivity index (χ0v) is 11.4. The lowest BCUT2D eigenvalue weighted by molar-refractivity contribution is -0.118. The number of rotatable bonds is 3. The fraction of sp³-hybridized carbons (Fsp3) is 0.462. The second-order valence-corrected chi connectivity index (χ2v) is 5.12. The molecule has 1 aliphatic rings. The van der Waals surface area contributed by atoms with Crippen LogP contribution in [0.4, 0.5) is 5.69 Å². The van der Waals surface area contributed by atoms with Crippen molar-refractivity contribution in [3.8, 4) is 11.5 Å². The average molecular weight is 270 g/mol. The van der Waals surface area contributed by atoms with E-state index in [1.807, 2.05) is 13.8 Å². The monoisotopic (exact) mass is 269 g/mol. The number of hydrogen-bond acceptors (Lipinski definition) is 3. The topological polar surface area (TPSA) is 47.6 Å². The Hall–Kier alpha value is -1.42. The number of benzene rings is 1. The number of carbonyl (C=O) groups excluding carboxylic acids is 1. The average Bonchev–Trinajstić information content (AvgIpc) is 2.61. The molecule has 0 spiro atoms. The number of nitrogens with one attached hydrogen (secondary N) is 1. The molecule has 1 atom stereocenters. The minimum absolute atomic E-state index is 0.108. The lowest BCUT2D eigenvalue weighted by Gasteiger charge is -2.16. The van der Waals surface area contributed by atoms with Crippen LogP contribution < -0.4 is 14.8 Å². The van der Waals surface area contributed by atoms with Crippen molar-refractivity contribution >= 4 is 23.2 Å². The van der Waals surface area contributed by atoms with E-state index in [0.717, 1.165) is 0 Å². The summed E-state index contributed by atoms with van der Waals surface area (Å²) < 4.78 is 11.2. The molecule has 1 aromatic carbocycles. The zero-order valence-electron chi connectivity index (χ0n) is 10.6. The summed E-state index contributed by atoms with van der Waals surface area (Å²) in [6, 6.07) is 5.32. The SMILES string of the molecule is CC(CCl)C(=O)Nc1ccc2c(c1)OC(C)(C)O2. The summed E-state index contributed by atoms with van der Waals surface area (Å²) in [5.41, 5.74) is 0.678. The van der Waals surface area contributed by atoms with Crippen LogP contribution in [0.2, 0.25) is 0 Å². The van der Waals surface area contributed by atoms with Crippen LogP contribution in [-0.4, -0.2) is 17.6 Å². The van der Waals surface area contributed by atoms with E-state index < -0.39 is 5.79 Å². The quantitative estimate of drug-likeness (QED) is 0.858. The number of amides is 1. The molecule has 4 nitrogen and oxygen atoms in total. The van der Waals surface area contributed by atoms with Crippen LogP contribution in [-0.2, 0) is 4.79 Å². The Balaban J connectivity index is 2.12. The predicted molar refractivity (Wildman–Crippen MR) is 70.3 cm³/mol. The summed E-state index contributed by atoms with van der Waals surface area (Å²) >= 11 is 5.64. The van der Waals surface area contributed by atoms with E-state index in [0.29, 0.717) is 23.1 Å². The molecule has 1 N–H and O–H groups in total. The van der Waals surface area contributed by atoms with Gasteiger partial charge in [-0.3, -0.25) is 4.79 Å². The fourth-order valence-corrected chi connectivity index (χ4v) is 1.78. The summed E-state index contributed by atoms with van der Waals surface area (Å²) in [6.45, 7) is 5.44. The Morgan fingerprint density at radius 3 is 2.72 bits per heavy atom. The first-order valence-electron chi connectivity index (χ1n) is 5.80. The largest absolute Gasteiger partial charge is 0.449 e. The number of alkyl halides is 1. The van der Waals surface area contributed by atoms with E-state index in [2.05, 4.69) is 5.32 Å². The normalized spacial score (nSPS) is 17.3. The van der Waals surface area contributed by atoms with Crippen LogP contribution in [0.1, 0.15) is 20.8 Å². The van der Waals surface area contributed by atoms with Gasteiger partial charge in [0, 0.05) is 37.4 Å². The maximum Gasteiger partial charge on any atom is 0.246 e. The van der Waals surface area contributed by atoms with Gasteiger partial charge in [0.1, 0.15) is 0 Å². The minimum atomic E-state index is -0.658. The Morgan fingerprint density at radius 2 is 2.06 bits per heavy atom. The van der Waals surface area contributed by atoms with Crippen LogP contribution in [0, 0.1) is 5.92 Å². The maximum atomic E-state index is 11.7. The van der Waals surface area contributed by atoms with Crippen molar-refractivity contribution < 1.29 is 14.3 Å². The van der Waals surface area contributed by atoms with E-state index >= 15 is 0 Å². The molecule has 98 valence electrons. The molecule has 1 unspecified atom stereocenters. The van der Waals surface area contributed by atoms with Gasteiger partial charge in [-0.05, 0) is 12.1 Å². The fourth-order valence-electron chi connectivity index (χ4n) is 1.64. The van der Waals surface area contributed by atoms with Gasteiger partial charge in [0.2, 0.25) is 11.7 Å². The van der Waals surface area contributed by atoms with E-state index in [-0.39, 0.29) is 11.8 Å². The summed E-state index contributed by atoms with van der Waals surface area (Å²) in [5, 5.41) is 2.79. The second kappa shape index (κ2) is 4.69. The summed E-state index contributed by atoms with van der Waals surface area (Å²) in [5.74, 6) is 0.619. The van der Waals surface area contributed by atoms with Crippen molar-refractivity contribution in [2.24, 2.45) is 5.92 Å². The number of anilines is 1. The molecule has 0 aliphatic carbocycles. The molecule has 0 saturated heterocycles. The molecule has 0 bridgehead atoms. The van der Waals surface area contributed by atoms with Crippen LogP contribution >= 0.6 is 11.6 Å². The lowest BCUT2D eigenvalue weighted by Crippen LogP contribution is -2.29. The van der Waals surface area contributed by atoms with Gasteiger partial charge in [-0.25, -0.2) is 0 Å². The Bertz CT molecular complexity index is 473. The number of halogens is 1. The first-order valence-corrected chi connectivity index (χ1v) is 6.33. The highest BCUT2D eigenvalue weighted by Gasteiger charge is 2.31. The van der Waals surface area contributed by atoms with Gasteiger partial charge in [-0.1, -0.05) is 6.92 Å². The van der Waals surface area contributed by atoms with Crippen molar-refractivity contribution in [1.29, 1.82) is 0 Å². The van der Waals surface area contributed by atoms with Crippen LogP contribution in [0.5, 0.6) is 11.5 Å². The molecule has 5 heteroatoms. The van der Waals surface area contributed by atoms with Gasteiger partial charge >= 0.3 is 0 Å². The Kier molecular flexibility index (Phi) is 3.39. The number of carbonyl (C=O) groups is 1. The molecule has 1 heterocycles. The summed E-state index contributed by atoms with van der Waals surface area (Å²) in [7, 11) is 0. The van der Waals surface area contributed by atoms with Crippen LogP contribution in [0.15, 0.2) is 18.2 Å². The van der Waals surface area contributed by atoms with Gasteiger partial charge in [0.15, 0.2) is 11.5 Å². The van der Waals surface area contributed by atoms with E-state index in [4.69, 9.17) is 21.1 Å². The Morgan fingerprint density at radius 1 is 1.39 bits per heavy atom. The standard InChI is InChI=1S/C13H16ClNO3/c1-8(7-14)12(16)15-9-4-5-10-11(6-9)18-13(2,3)17-10/h4-6,8H,7H2,1-3H3,(H,15,16). The molecule has 0 fully saturated rings. The third-order valence-corrected chi connectivity index (χ3v) is 3.06. The molecular formula is C13H16ClNO3. The third-order valence-electron chi connectivity index (χ3n) is 2.60. The molecule has 0 radical (unpaired) electrons. The molecule has 1 aromatic rings. The molecular weight excluding hydrogens is 254 g/mol. The first-order chi connectivity index (χ1) is 8.41. The molecule has 1 amide bonds. The number of hydrogen-bond donors (Lipinski definition) is 1. The molecule has 18 heavy (non-hydrogen) atoms. The summed E-state index contributed by atoms with van der Waals surface area (Å²) in [4.78, 5) is 11.7. The van der Waals surface area contributed by atoms with E-state index in [1.54, 1.807) is 25.1 Å². The zero-order chi connectivity index (χ0) is 13.3. The van der Waals surface area contributed by atoms with Crippen molar-refractivity contribution in [3.63, 3.8) is 0 Å². The maximum absolute atomic E-state index is 11.7. The lowest BCUT2D eigenvalue weighted by atomic mass is 10.2. The minimum Gasteiger partial charge on any atom is -0.449 e. The van der Waals surface area contributed by atoms with Gasteiger partial charge in [-0.15, -0.1) is 11.6 Å². The van der Waals surface area contributed by atoms with Crippen molar-refractivity contribution in [2.45, 2.75) is 26.6 Å². The third kappa shape index (κ3) is 2.70. The molecule has 2 rings (SSSR count). The molecule has 0 saturated carbocycles. The highest BCUT2D eigenvalue weighted by Crippen LogP contribution is 2.40. The summed E-state index contributed by atoms with van der Waals surface area (Å²) in [6.07, 6.45) is 0. The van der Waals surface area contributed by atoms with E-state index in [9.17, 15) is 4.79 Å². The van der Waals surface area contributed by atoms with Crippen molar-refractivity contribution in [2.75, 3.05) is 11.2 Å². The predicted octanol–water partition coefficient (Wildman–Crippen LogP) is 3.01. The van der Waals surface area contributed by atoms with Gasteiger partial charge in [-0.2, -0.15) is 0 Å². The van der Waals surface area contributed by atoms with Crippen LogP contribution in [0.25, 0.3) is 0 Å². The molecule has 0 aromatic heterocycles. The van der Waals surface area contributed by atoms with Gasteiger partial charge < -0.3 is 14.8 Å². The van der Waals surface area contributed by atoms with Crippen molar-refractivity contribution in [3.05, 3.63) is 18.2 Å². The Labute approximate surface area is 111 Å².